The van der Waals surface area contributed by atoms with Crippen molar-refractivity contribution in [3.8, 4) is 11.1 Å². The molecule has 2 N–H and O–H groups in total. The van der Waals surface area contributed by atoms with E-state index in [1.54, 1.807) is 41.9 Å². The minimum atomic E-state index is -0.136. The van der Waals surface area contributed by atoms with Crippen molar-refractivity contribution in [1.82, 2.24) is 9.97 Å². The van der Waals surface area contributed by atoms with Crippen LogP contribution in [0.25, 0.3) is 21.3 Å². The number of fused-ring (bicyclic) bond motifs is 1. The van der Waals surface area contributed by atoms with E-state index in [4.69, 9.17) is 0 Å². The van der Waals surface area contributed by atoms with Gasteiger partial charge < -0.3 is 10.6 Å². The molecule has 1 amide bonds. The molecule has 0 bridgehead atoms. The third kappa shape index (κ3) is 4.62. The third-order valence-corrected chi connectivity index (χ3v) is 5.94. The van der Waals surface area contributed by atoms with Gasteiger partial charge in [-0.3, -0.25) is 9.59 Å². The number of hydrogen-bond donors (Lipinski definition) is 2. The predicted octanol–water partition coefficient (Wildman–Crippen LogP) is 5.31. The van der Waals surface area contributed by atoms with Gasteiger partial charge in [-0.1, -0.05) is 42.5 Å². The van der Waals surface area contributed by atoms with Gasteiger partial charge in [-0.25, -0.2) is 9.97 Å². The maximum atomic E-state index is 12.4. The molecule has 0 aliphatic carbocycles. The van der Waals surface area contributed by atoms with E-state index in [9.17, 15) is 9.59 Å². The highest BCUT2D eigenvalue weighted by atomic mass is 32.1. The van der Waals surface area contributed by atoms with Gasteiger partial charge in [0.15, 0.2) is 5.78 Å². The number of nitrogens with one attached hydrogen (secondary N) is 2. The molecule has 0 spiro atoms. The van der Waals surface area contributed by atoms with Crippen LogP contribution in [0.4, 0.5) is 11.5 Å². The number of aryl methyl sites for hydroxylation is 1. The first-order chi connectivity index (χ1) is 15.0. The summed E-state index contributed by atoms with van der Waals surface area (Å²) in [5.41, 5.74) is 3.42. The van der Waals surface area contributed by atoms with Crippen molar-refractivity contribution in [3.63, 3.8) is 0 Å². The number of carbonyl (C=O) groups excluding carboxylic acids is 2. The SMILES string of the molecule is CC(=O)c1cccc(NC(=O)CCNc2ncnc3sc(C)c(-c4ccccc4)c23)c1. The van der Waals surface area contributed by atoms with E-state index in [0.717, 1.165) is 27.2 Å². The molecule has 0 aliphatic rings. The molecule has 0 saturated carbocycles. The largest absolute Gasteiger partial charge is 0.369 e. The number of anilines is 2. The Labute approximate surface area is 184 Å². The summed E-state index contributed by atoms with van der Waals surface area (Å²) in [7, 11) is 0. The number of nitrogens with zero attached hydrogens (tertiary/aromatic N) is 2. The molecular weight excluding hydrogens is 408 g/mol. The van der Waals surface area contributed by atoms with Crippen LogP contribution in [0.2, 0.25) is 0 Å². The Morgan fingerprint density at radius 1 is 1.03 bits per heavy atom. The van der Waals surface area contributed by atoms with Crippen LogP contribution in [0.1, 0.15) is 28.6 Å². The topological polar surface area (TPSA) is 84.0 Å². The Hall–Kier alpha value is -3.58. The van der Waals surface area contributed by atoms with Crippen LogP contribution in [0.15, 0.2) is 60.9 Å². The van der Waals surface area contributed by atoms with Crippen LogP contribution in [0, 0.1) is 6.92 Å². The number of Topliss-reactive ketones (excluding diaryl/α,β-unsaturated/α-hetero) is 1. The van der Waals surface area contributed by atoms with Crippen molar-refractivity contribution in [2.24, 2.45) is 0 Å². The molecule has 6 nitrogen and oxygen atoms in total. The molecule has 4 rings (SSSR count). The summed E-state index contributed by atoms with van der Waals surface area (Å²) in [4.78, 5) is 34.8. The van der Waals surface area contributed by atoms with Gasteiger partial charge in [0, 0.05) is 34.7 Å². The fourth-order valence-electron chi connectivity index (χ4n) is 3.46. The van der Waals surface area contributed by atoms with Crippen LogP contribution >= 0.6 is 11.3 Å². The molecule has 156 valence electrons. The Bertz CT molecular complexity index is 1250. The number of rotatable bonds is 7. The zero-order valence-electron chi connectivity index (χ0n) is 17.3. The lowest BCUT2D eigenvalue weighted by atomic mass is 10.0. The summed E-state index contributed by atoms with van der Waals surface area (Å²) in [5, 5.41) is 7.12. The minimum Gasteiger partial charge on any atom is -0.369 e. The monoisotopic (exact) mass is 430 g/mol. The number of aromatic nitrogens is 2. The maximum Gasteiger partial charge on any atom is 0.226 e. The average molecular weight is 431 g/mol. The van der Waals surface area contributed by atoms with Crippen molar-refractivity contribution in [1.29, 1.82) is 0 Å². The molecule has 0 atom stereocenters. The lowest BCUT2D eigenvalue weighted by Crippen LogP contribution is -2.17. The summed E-state index contributed by atoms with van der Waals surface area (Å²) in [6.07, 6.45) is 1.81. The molecule has 0 aliphatic heterocycles. The zero-order valence-corrected chi connectivity index (χ0v) is 18.1. The first kappa shape index (κ1) is 20.7. The summed E-state index contributed by atoms with van der Waals surface area (Å²) in [5.74, 6) is 0.550. The minimum absolute atomic E-state index is 0.0363. The Balaban J connectivity index is 1.48. The molecule has 7 heteroatoms. The van der Waals surface area contributed by atoms with Gasteiger partial charge in [0.1, 0.15) is 17.0 Å². The maximum absolute atomic E-state index is 12.4. The van der Waals surface area contributed by atoms with Crippen LogP contribution in [-0.2, 0) is 4.79 Å². The van der Waals surface area contributed by atoms with Gasteiger partial charge in [0.2, 0.25) is 5.91 Å². The van der Waals surface area contributed by atoms with E-state index in [1.165, 1.54) is 11.8 Å². The molecule has 0 fully saturated rings. The second-order valence-corrected chi connectivity index (χ2v) is 8.37. The lowest BCUT2D eigenvalue weighted by molar-refractivity contribution is -0.115. The lowest BCUT2D eigenvalue weighted by Gasteiger charge is -2.10. The Morgan fingerprint density at radius 2 is 1.84 bits per heavy atom. The number of carbonyl (C=O) groups is 2. The van der Waals surface area contributed by atoms with E-state index < -0.39 is 0 Å². The quantitative estimate of drug-likeness (QED) is 0.388. The molecule has 2 heterocycles. The smallest absolute Gasteiger partial charge is 0.226 e. The zero-order chi connectivity index (χ0) is 21.8. The van der Waals surface area contributed by atoms with Crippen LogP contribution in [-0.4, -0.2) is 28.2 Å². The van der Waals surface area contributed by atoms with E-state index in [1.807, 2.05) is 18.2 Å². The van der Waals surface area contributed by atoms with Crippen molar-refractivity contribution in [3.05, 3.63) is 71.4 Å². The standard InChI is InChI=1S/C24H22N4O2S/c1-15(29)18-9-6-10-19(13-18)28-20(30)11-12-25-23-22-21(17-7-4-3-5-8-17)16(2)31-24(22)27-14-26-23/h3-10,13-14H,11-12H2,1-2H3,(H,28,30)(H,25,26,27). The fourth-order valence-corrected chi connectivity index (χ4v) is 4.48. The summed E-state index contributed by atoms with van der Waals surface area (Å²) in [6.45, 7) is 4.01. The van der Waals surface area contributed by atoms with Gasteiger partial charge >= 0.3 is 0 Å². The molecule has 4 aromatic rings. The van der Waals surface area contributed by atoms with Crippen molar-refractivity contribution >= 4 is 44.7 Å². The number of amides is 1. The molecule has 0 saturated heterocycles. The second-order valence-electron chi connectivity index (χ2n) is 7.16. The molecule has 0 radical (unpaired) electrons. The highest BCUT2D eigenvalue weighted by molar-refractivity contribution is 7.19. The fraction of sp³-hybridized carbons (Fsp3) is 0.167. The second kappa shape index (κ2) is 9.06. The van der Waals surface area contributed by atoms with Crippen molar-refractivity contribution in [2.75, 3.05) is 17.2 Å². The number of thiophene rings is 1. The molecule has 31 heavy (non-hydrogen) atoms. The van der Waals surface area contributed by atoms with E-state index >= 15 is 0 Å². The third-order valence-electron chi connectivity index (χ3n) is 4.92. The molecular formula is C24H22N4O2S. The van der Waals surface area contributed by atoms with Crippen molar-refractivity contribution < 1.29 is 9.59 Å². The average Bonchev–Trinajstić information content (AvgIpc) is 3.11. The van der Waals surface area contributed by atoms with Crippen LogP contribution in [0.5, 0.6) is 0 Å². The predicted molar refractivity (Wildman–Crippen MR) is 126 cm³/mol. The summed E-state index contributed by atoms with van der Waals surface area (Å²) < 4.78 is 0. The van der Waals surface area contributed by atoms with Crippen LogP contribution < -0.4 is 10.6 Å². The molecule has 2 aromatic heterocycles. The van der Waals surface area contributed by atoms with E-state index in [2.05, 4.69) is 39.7 Å². The molecule has 0 unspecified atom stereocenters. The Kier molecular flexibility index (Phi) is 6.04. The van der Waals surface area contributed by atoms with Crippen molar-refractivity contribution in [2.45, 2.75) is 20.3 Å². The van der Waals surface area contributed by atoms with Gasteiger partial charge in [0.25, 0.3) is 0 Å². The number of benzene rings is 2. The molecule has 2 aromatic carbocycles. The highest BCUT2D eigenvalue weighted by Crippen LogP contribution is 2.40. The van der Waals surface area contributed by atoms with Gasteiger partial charge in [0.05, 0.1) is 5.39 Å². The summed E-state index contributed by atoms with van der Waals surface area (Å²) in [6, 6.07) is 17.1. The van der Waals surface area contributed by atoms with Gasteiger partial charge in [-0.15, -0.1) is 11.3 Å². The van der Waals surface area contributed by atoms with Gasteiger partial charge in [-0.05, 0) is 31.5 Å². The normalized spacial score (nSPS) is 10.8. The van der Waals surface area contributed by atoms with E-state index in [0.29, 0.717) is 17.8 Å². The Morgan fingerprint density at radius 3 is 2.61 bits per heavy atom. The number of ketones is 1. The first-order valence-corrected chi connectivity index (χ1v) is 10.8. The van der Waals surface area contributed by atoms with Crippen LogP contribution in [0.3, 0.4) is 0 Å². The summed E-state index contributed by atoms with van der Waals surface area (Å²) >= 11 is 1.63. The first-order valence-electron chi connectivity index (χ1n) is 9.97. The highest BCUT2D eigenvalue weighted by Gasteiger charge is 2.16. The van der Waals surface area contributed by atoms with E-state index in [-0.39, 0.29) is 18.1 Å². The number of hydrogen-bond acceptors (Lipinski definition) is 6. The van der Waals surface area contributed by atoms with Gasteiger partial charge in [-0.2, -0.15) is 0 Å².